The average Bonchev–Trinajstić information content (AvgIpc) is 2.64. The van der Waals surface area contributed by atoms with E-state index < -0.39 is 0 Å². The van der Waals surface area contributed by atoms with Crippen LogP contribution in [0.1, 0.15) is 39.5 Å². The van der Waals surface area contributed by atoms with E-state index in [9.17, 15) is 9.18 Å². The molecule has 1 amide bonds. The van der Waals surface area contributed by atoms with Crippen molar-refractivity contribution in [2.45, 2.75) is 51.7 Å². The van der Waals surface area contributed by atoms with E-state index in [1.165, 1.54) is 18.6 Å². The van der Waals surface area contributed by atoms with Crippen LogP contribution in [0.2, 0.25) is 0 Å². The lowest BCUT2D eigenvalue weighted by Gasteiger charge is -2.33. The highest BCUT2D eigenvalue weighted by atomic mass is 19.1. The normalized spacial score (nSPS) is 18.7. The summed E-state index contributed by atoms with van der Waals surface area (Å²) in [5.41, 5.74) is 0. The van der Waals surface area contributed by atoms with Crippen LogP contribution in [-0.2, 0) is 4.79 Å². The number of likely N-dealkylation sites (tertiary alicyclic amines) is 1. The van der Waals surface area contributed by atoms with Crippen molar-refractivity contribution in [1.82, 2.24) is 15.5 Å². The van der Waals surface area contributed by atoms with Crippen molar-refractivity contribution in [2.75, 3.05) is 26.7 Å². The van der Waals surface area contributed by atoms with Gasteiger partial charge in [0.05, 0.1) is 6.54 Å². The van der Waals surface area contributed by atoms with Crippen molar-refractivity contribution in [2.24, 2.45) is 4.99 Å². The highest BCUT2D eigenvalue weighted by molar-refractivity contribution is 5.81. The van der Waals surface area contributed by atoms with E-state index in [1.54, 1.807) is 19.2 Å². The molecule has 1 aromatic carbocycles. The first kappa shape index (κ1) is 21.0. The molecule has 1 heterocycles. The minimum absolute atomic E-state index is 0.166. The number of nitrogens with one attached hydrogen (secondary N) is 2. The van der Waals surface area contributed by atoms with Crippen LogP contribution < -0.4 is 15.4 Å². The monoisotopic (exact) mass is 378 g/mol. The largest absolute Gasteiger partial charge is 0.489 e. The molecule has 2 atom stereocenters. The van der Waals surface area contributed by atoms with Crippen molar-refractivity contribution in [3.8, 4) is 5.75 Å². The molecule has 1 aromatic rings. The number of hydrogen-bond donors (Lipinski definition) is 2. The Morgan fingerprint density at radius 3 is 2.93 bits per heavy atom. The SMILES string of the molecule is CN=C(NCCC(=O)N1CCCCC1C)NCC(C)Oc1cccc(F)c1. The Labute approximate surface area is 161 Å². The van der Waals surface area contributed by atoms with Crippen LogP contribution in [0, 0.1) is 5.82 Å². The predicted octanol–water partition coefficient (Wildman–Crippen LogP) is 2.55. The second kappa shape index (κ2) is 10.7. The van der Waals surface area contributed by atoms with Gasteiger partial charge in [-0.1, -0.05) is 6.07 Å². The van der Waals surface area contributed by atoms with Crippen LogP contribution in [0.15, 0.2) is 29.3 Å². The van der Waals surface area contributed by atoms with Crippen molar-refractivity contribution >= 4 is 11.9 Å². The molecule has 1 fully saturated rings. The van der Waals surface area contributed by atoms with Crippen molar-refractivity contribution in [3.63, 3.8) is 0 Å². The highest BCUT2D eigenvalue weighted by Crippen LogP contribution is 2.17. The summed E-state index contributed by atoms with van der Waals surface area (Å²) in [4.78, 5) is 18.5. The summed E-state index contributed by atoms with van der Waals surface area (Å²) in [6.07, 6.45) is 3.67. The summed E-state index contributed by atoms with van der Waals surface area (Å²) < 4.78 is 18.9. The molecule has 0 bridgehead atoms. The summed E-state index contributed by atoms with van der Waals surface area (Å²) in [7, 11) is 1.68. The lowest BCUT2D eigenvalue weighted by molar-refractivity contribution is -0.134. The van der Waals surface area contributed by atoms with Crippen molar-refractivity contribution in [1.29, 1.82) is 0 Å². The molecule has 0 aliphatic carbocycles. The zero-order valence-corrected chi connectivity index (χ0v) is 16.5. The van der Waals surface area contributed by atoms with E-state index in [0.717, 1.165) is 19.4 Å². The van der Waals surface area contributed by atoms with Gasteiger partial charge < -0.3 is 20.3 Å². The van der Waals surface area contributed by atoms with Gasteiger partial charge in [-0.2, -0.15) is 0 Å². The first-order valence-electron chi connectivity index (χ1n) is 9.66. The predicted molar refractivity (Wildman–Crippen MR) is 105 cm³/mol. The number of halogens is 1. The maximum Gasteiger partial charge on any atom is 0.224 e. The summed E-state index contributed by atoms with van der Waals surface area (Å²) in [5.74, 6) is 0.975. The van der Waals surface area contributed by atoms with E-state index in [0.29, 0.717) is 37.3 Å². The summed E-state index contributed by atoms with van der Waals surface area (Å²) in [6.45, 7) is 5.91. The Hall–Kier alpha value is -2.31. The fourth-order valence-electron chi connectivity index (χ4n) is 3.18. The summed E-state index contributed by atoms with van der Waals surface area (Å²) >= 11 is 0. The quantitative estimate of drug-likeness (QED) is 0.565. The second-order valence-electron chi connectivity index (χ2n) is 6.95. The maximum absolute atomic E-state index is 13.2. The lowest BCUT2D eigenvalue weighted by Crippen LogP contribution is -2.45. The second-order valence-corrected chi connectivity index (χ2v) is 6.95. The Kier molecular flexibility index (Phi) is 8.36. The Bertz CT molecular complexity index is 638. The molecule has 1 saturated heterocycles. The Morgan fingerprint density at radius 2 is 2.22 bits per heavy atom. The van der Waals surface area contributed by atoms with E-state index >= 15 is 0 Å². The van der Waals surface area contributed by atoms with E-state index in [2.05, 4.69) is 22.5 Å². The molecule has 0 spiro atoms. The van der Waals surface area contributed by atoms with Crippen LogP contribution in [0.25, 0.3) is 0 Å². The van der Waals surface area contributed by atoms with Gasteiger partial charge >= 0.3 is 0 Å². The molecule has 2 rings (SSSR count). The van der Waals surface area contributed by atoms with Crippen LogP contribution in [0.3, 0.4) is 0 Å². The molecular formula is C20H31FN4O2. The van der Waals surface area contributed by atoms with Crippen LogP contribution >= 0.6 is 0 Å². The van der Waals surface area contributed by atoms with Crippen LogP contribution in [0.4, 0.5) is 4.39 Å². The molecule has 0 radical (unpaired) electrons. The topological polar surface area (TPSA) is 66.0 Å². The number of carbonyl (C=O) groups excluding carboxylic acids is 1. The third-order valence-electron chi connectivity index (χ3n) is 4.67. The van der Waals surface area contributed by atoms with E-state index in [1.807, 2.05) is 11.8 Å². The van der Waals surface area contributed by atoms with Gasteiger partial charge in [0, 0.05) is 38.7 Å². The average molecular weight is 378 g/mol. The highest BCUT2D eigenvalue weighted by Gasteiger charge is 2.22. The minimum Gasteiger partial charge on any atom is -0.489 e. The Morgan fingerprint density at radius 1 is 1.41 bits per heavy atom. The molecule has 1 aliphatic heterocycles. The molecule has 2 N–H and O–H groups in total. The number of guanidine groups is 1. The molecule has 0 saturated carbocycles. The van der Waals surface area contributed by atoms with Crippen molar-refractivity contribution < 1.29 is 13.9 Å². The fraction of sp³-hybridized carbons (Fsp3) is 0.600. The molecule has 7 heteroatoms. The van der Waals surface area contributed by atoms with Gasteiger partial charge in [0.2, 0.25) is 5.91 Å². The number of ether oxygens (including phenoxy) is 1. The zero-order valence-electron chi connectivity index (χ0n) is 16.5. The standard InChI is InChI=1S/C20H31FN4O2/c1-15-7-4-5-12-25(15)19(26)10-11-23-20(22-3)24-14-16(2)27-18-9-6-8-17(21)13-18/h6,8-9,13,15-16H,4-5,7,10-12,14H2,1-3H3,(H2,22,23,24). The van der Waals surface area contributed by atoms with Gasteiger partial charge in [0.25, 0.3) is 0 Å². The number of hydrogen-bond acceptors (Lipinski definition) is 3. The lowest BCUT2D eigenvalue weighted by atomic mass is 10.0. The third kappa shape index (κ3) is 7.07. The molecule has 2 unspecified atom stereocenters. The number of amides is 1. The number of nitrogens with zero attached hydrogens (tertiary/aromatic N) is 2. The molecule has 27 heavy (non-hydrogen) atoms. The van der Waals surface area contributed by atoms with Gasteiger partial charge in [-0.05, 0) is 45.2 Å². The number of rotatable bonds is 7. The summed E-state index contributed by atoms with van der Waals surface area (Å²) in [5, 5.41) is 6.32. The van der Waals surface area contributed by atoms with Gasteiger partial charge in [-0.25, -0.2) is 4.39 Å². The van der Waals surface area contributed by atoms with Crippen molar-refractivity contribution in [3.05, 3.63) is 30.1 Å². The number of carbonyl (C=O) groups is 1. The molecule has 0 aromatic heterocycles. The number of piperidine rings is 1. The minimum atomic E-state index is -0.321. The van der Waals surface area contributed by atoms with E-state index in [-0.39, 0.29) is 17.8 Å². The Balaban J connectivity index is 1.68. The van der Waals surface area contributed by atoms with Gasteiger partial charge in [0.15, 0.2) is 5.96 Å². The first-order valence-corrected chi connectivity index (χ1v) is 9.66. The van der Waals surface area contributed by atoms with Gasteiger partial charge in [-0.15, -0.1) is 0 Å². The zero-order chi connectivity index (χ0) is 19.6. The van der Waals surface area contributed by atoms with Gasteiger partial charge in [-0.3, -0.25) is 9.79 Å². The number of aliphatic imine (C=N–C) groups is 1. The molecular weight excluding hydrogens is 347 g/mol. The first-order chi connectivity index (χ1) is 13.0. The number of benzene rings is 1. The molecule has 1 aliphatic rings. The van der Waals surface area contributed by atoms with Crippen LogP contribution in [-0.4, -0.2) is 55.6 Å². The third-order valence-corrected chi connectivity index (χ3v) is 4.67. The van der Waals surface area contributed by atoms with Crippen LogP contribution in [0.5, 0.6) is 5.75 Å². The van der Waals surface area contributed by atoms with Gasteiger partial charge in [0.1, 0.15) is 17.7 Å². The smallest absolute Gasteiger partial charge is 0.224 e. The molecule has 150 valence electrons. The fourth-order valence-corrected chi connectivity index (χ4v) is 3.18. The summed E-state index contributed by atoms with van der Waals surface area (Å²) in [6, 6.07) is 6.42. The maximum atomic E-state index is 13.2. The van der Waals surface area contributed by atoms with E-state index in [4.69, 9.17) is 4.74 Å². The molecule has 6 nitrogen and oxygen atoms in total.